The second-order valence-electron chi connectivity index (χ2n) is 4.41. The Bertz CT molecular complexity index is 386. The van der Waals surface area contributed by atoms with Crippen molar-refractivity contribution >= 4 is 11.6 Å². The second kappa shape index (κ2) is 5.21. The molecule has 0 saturated heterocycles. The Morgan fingerprint density at radius 1 is 1.47 bits per heavy atom. The van der Waals surface area contributed by atoms with E-state index < -0.39 is 11.9 Å². The minimum atomic E-state index is -0.475. The Hall–Kier alpha value is -0.840. The van der Waals surface area contributed by atoms with Crippen LogP contribution in [0.15, 0.2) is 12.1 Å². The van der Waals surface area contributed by atoms with Crippen LogP contribution >= 0.6 is 11.6 Å². The minimum absolute atomic E-state index is 0.117. The van der Waals surface area contributed by atoms with Crippen LogP contribution in [0.1, 0.15) is 24.4 Å². The van der Waals surface area contributed by atoms with Crippen molar-refractivity contribution in [2.45, 2.75) is 18.9 Å². The molecule has 0 amide bonds. The van der Waals surface area contributed by atoms with Gasteiger partial charge < -0.3 is 16.2 Å². The first-order valence-electron chi connectivity index (χ1n) is 5.69. The van der Waals surface area contributed by atoms with E-state index in [1.165, 1.54) is 6.07 Å². The van der Waals surface area contributed by atoms with Crippen molar-refractivity contribution in [3.63, 3.8) is 0 Å². The van der Waals surface area contributed by atoms with E-state index in [1.54, 1.807) is 6.07 Å². The molecule has 17 heavy (non-hydrogen) atoms. The summed E-state index contributed by atoms with van der Waals surface area (Å²) < 4.78 is 19.2. The number of ether oxygens (including phenoxy) is 1. The highest BCUT2D eigenvalue weighted by atomic mass is 35.5. The number of hydrogen-bond acceptors (Lipinski definition) is 3. The van der Waals surface area contributed by atoms with Gasteiger partial charge >= 0.3 is 0 Å². The van der Waals surface area contributed by atoms with Gasteiger partial charge in [-0.05, 0) is 36.5 Å². The molecule has 0 bridgehead atoms. The minimum Gasteiger partial charge on any atom is -0.489 e. The lowest BCUT2D eigenvalue weighted by Gasteiger charge is -2.13. The van der Waals surface area contributed by atoms with Crippen LogP contribution in [-0.2, 0) is 0 Å². The maximum atomic E-state index is 13.8. The largest absolute Gasteiger partial charge is 0.489 e. The van der Waals surface area contributed by atoms with E-state index in [1.807, 2.05) is 0 Å². The molecule has 1 aliphatic carbocycles. The van der Waals surface area contributed by atoms with Crippen molar-refractivity contribution < 1.29 is 9.13 Å². The van der Waals surface area contributed by atoms with Gasteiger partial charge in [-0.25, -0.2) is 4.39 Å². The fraction of sp³-hybridized carbons (Fsp3) is 0.500. The van der Waals surface area contributed by atoms with Crippen LogP contribution < -0.4 is 16.2 Å². The van der Waals surface area contributed by atoms with E-state index in [-0.39, 0.29) is 17.3 Å². The predicted octanol–water partition coefficient (Wildman–Crippen LogP) is 2.23. The zero-order chi connectivity index (χ0) is 12.4. The summed E-state index contributed by atoms with van der Waals surface area (Å²) in [5.74, 6) is 0.194. The Balaban J connectivity index is 2.15. The van der Waals surface area contributed by atoms with Crippen molar-refractivity contribution in [2.24, 2.45) is 17.4 Å². The lowest BCUT2D eigenvalue weighted by molar-refractivity contribution is 0.285. The number of rotatable bonds is 5. The first-order chi connectivity index (χ1) is 8.11. The topological polar surface area (TPSA) is 61.3 Å². The van der Waals surface area contributed by atoms with Crippen LogP contribution in [0, 0.1) is 11.7 Å². The van der Waals surface area contributed by atoms with E-state index in [2.05, 4.69) is 0 Å². The van der Waals surface area contributed by atoms with E-state index in [4.69, 9.17) is 27.8 Å². The van der Waals surface area contributed by atoms with E-state index >= 15 is 0 Å². The highest BCUT2D eigenvalue weighted by Gasteiger charge is 2.23. The third kappa shape index (κ3) is 3.09. The van der Waals surface area contributed by atoms with Gasteiger partial charge in [-0.2, -0.15) is 0 Å². The monoisotopic (exact) mass is 258 g/mol. The molecule has 0 aliphatic heterocycles. The van der Waals surface area contributed by atoms with E-state index in [0.717, 1.165) is 12.8 Å². The zero-order valence-corrected chi connectivity index (χ0v) is 10.2. The predicted molar refractivity (Wildman–Crippen MR) is 65.6 cm³/mol. The molecule has 0 spiro atoms. The summed E-state index contributed by atoms with van der Waals surface area (Å²) in [5, 5.41) is 0.254. The lowest BCUT2D eigenvalue weighted by atomic mass is 10.1. The van der Waals surface area contributed by atoms with Crippen molar-refractivity contribution in [2.75, 3.05) is 13.2 Å². The summed E-state index contributed by atoms with van der Waals surface area (Å²) in [6.07, 6.45) is 2.30. The van der Waals surface area contributed by atoms with Crippen molar-refractivity contribution in [3.05, 3.63) is 28.5 Å². The molecular weight excluding hydrogens is 243 g/mol. The molecule has 3 nitrogen and oxygen atoms in total. The van der Waals surface area contributed by atoms with Gasteiger partial charge in [0.05, 0.1) is 11.6 Å². The molecule has 94 valence electrons. The average molecular weight is 259 g/mol. The van der Waals surface area contributed by atoms with Gasteiger partial charge in [-0.1, -0.05) is 11.6 Å². The first-order valence-corrected chi connectivity index (χ1v) is 6.07. The molecule has 5 heteroatoms. The van der Waals surface area contributed by atoms with Crippen molar-refractivity contribution in [3.8, 4) is 5.75 Å². The molecule has 0 radical (unpaired) electrons. The van der Waals surface area contributed by atoms with E-state index in [9.17, 15) is 4.39 Å². The Morgan fingerprint density at radius 3 is 2.71 bits per heavy atom. The maximum Gasteiger partial charge on any atom is 0.173 e. The van der Waals surface area contributed by atoms with Crippen LogP contribution in [0.2, 0.25) is 5.02 Å². The fourth-order valence-corrected chi connectivity index (χ4v) is 1.82. The Labute approximate surface area is 105 Å². The van der Waals surface area contributed by atoms with Gasteiger partial charge in [0.25, 0.3) is 0 Å². The number of benzene rings is 1. The molecule has 1 aliphatic rings. The Morgan fingerprint density at radius 2 is 2.18 bits per heavy atom. The smallest absolute Gasteiger partial charge is 0.173 e. The quantitative estimate of drug-likeness (QED) is 0.851. The molecule has 0 heterocycles. The number of hydrogen-bond donors (Lipinski definition) is 2. The molecular formula is C12H16ClFN2O. The van der Waals surface area contributed by atoms with Crippen LogP contribution in [0.5, 0.6) is 5.75 Å². The van der Waals surface area contributed by atoms with E-state index in [0.29, 0.717) is 18.1 Å². The summed E-state index contributed by atoms with van der Waals surface area (Å²) in [7, 11) is 0. The first kappa shape index (κ1) is 12.6. The van der Waals surface area contributed by atoms with Crippen LogP contribution in [0.25, 0.3) is 0 Å². The molecule has 1 aromatic rings. The molecule has 0 aromatic heterocycles. The van der Waals surface area contributed by atoms with Gasteiger partial charge in [-0.15, -0.1) is 0 Å². The number of nitrogens with two attached hydrogens (primary N) is 2. The second-order valence-corrected chi connectivity index (χ2v) is 4.82. The molecule has 1 saturated carbocycles. The van der Waals surface area contributed by atoms with Crippen molar-refractivity contribution in [1.82, 2.24) is 0 Å². The molecule has 1 atom stereocenters. The highest BCUT2D eigenvalue weighted by molar-refractivity contribution is 6.32. The van der Waals surface area contributed by atoms with Gasteiger partial charge in [0.1, 0.15) is 0 Å². The molecule has 2 rings (SSSR count). The van der Waals surface area contributed by atoms with Crippen LogP contribution in [0.4, 0.5) is 4.39 Å². The van der Waals surface area contributed by atoms with Gasteiger partial charge in [0.2, 0.25) is 0 Å². The third-order valence-corrected chi connectivity index (χ3v) is 3.14. The lowest BCUT2D eigenvalue weighted by Crippen LogP contribution is -2.21. The maximum absolute atomic E-state index is 13.8. The summed E-state index contributed by atoms with van der Waals surface area (Å²) in [6, 6.07) is 2.55. The van der Waals surface area contributed by atoms with Crippen LogP contribution in [0.3, 0.4) is 0 Å². The molecule has 1 fully saturated rings. The normalized spacial score (nSPS) is 16.9. The summed E-state index contributed by atoms with van der Waals surface area (Å²) in [4.78, 5) is 0. The fourth-order valence-electron chi connectivity index (χ4n) is 1.55. The average Bonchev–Trinajstić information content (AvgIpc) is 3.10. The summed E-state index contributed by atoms with van der Waals surface area (Å²) >= 11 is 5.98. The summed E-state index contributed by atoms with van der Waals surface area (Å²) in [6.45, 7) is 0.775. The van der Waals surface area contributed by atoms with Crippen molar-refractivity contribution in [1.29, 1.82) is 0 Å². The van der Waals surface area contributed by atoms with Gasteiger partial charge in [0.15, 0.2) is 11.6 Å². The van der Waals surface area contributed by atoms with Crippen LogP contribution in [-0.4, -0.2) is 13.2 Å². The Kier molecular flexibility index (Phi) is 3.86. The zero-order valence-electron chi connectivity index (χ0n) is 9.46. The molecule has 1 unspecified atom stereocenters. The highest BCUT2D eigenvalue weighted by Crippen LogP contribution is 2.34. The number of halogens is 2. The van der Waals surface area contributed by atoms with Gasteiger partial charge in [-0.3, -0.25) is 0 Å². The third-order valence-electron chi connectivity index (χ3n) is 2.86. The SMILES string of the molecule is NCC(N)c1cc(F)c(OCC2CC2)c(Cl)c1. The molecule has 4 N–H and O–H groups in total. The standard InChI is InChI=1S/C12H16ClFN2O/c13-9-3-8(11(16)5-15)4-10(14)12(9)17-6-7-1-2-7/h3-4,7,11H,1-2,5-6,15-16H2. The van der Waals surface area contributed by atoms with Gasteiger partial charge in [0, 0.05) is 12.6 Å². The summed E-state index contributed by atoms with van der Waals surface area (Å²) in [5.41, 5.74) is 11.7. The molecule has 1 aromatic carbocycles.